The Kier molecular flexibility index (Phi) is 5.22. The maximum Gasteiger partial charge on any atom is 0.254 e. The van der Waals surface area contributed by atoms with Crippen molar-refractivity contribution >= 4 is 5.91 Å². The Hall–Kier alpha value is -3.28. The van der Waals surface area contributed by atoms with E-state index in [-0.39, 0.29) is 11.5 Å². The highest BCUT2D eigenvalue weighted by molar-refractivity contribution is 5.94. The van der Waals surface area contributed by atoms with E-state index in [2.05, 4.69) is 5.32 Å². The molecule has 3 aromatic rings. The van der Waals surface area contributed by atoms with Crippen molar-refractivity contribution < 1.29 is 9.53 Å². The quantitative estimate of drug-likeness (QED) is 0.742. The van der Waals surface area contributed by atoms with E-state index in [1.165, 1.54) is 13.2 Å². The summed E-state index contributed by atoms with van der Waals surface area (Å²) in [6, 6.07) is 14.5. The Morgan fingerprint density at radius 1 is 1.12 bits per heavy atom. The maximum absolute atomic E-state index is 12.3. The third kappa shape index (κ3) is 3.85. The van der Waals surface area contributed by atoms with E-state index in [4.69, 9.17) is 4.74 Å². The number of carbonyl (C=O) groups is 1. The van der Waals surface area contributed by atoms with Crippen molar-refractivity contribution in [2.75, 3.05) is 13.7 Å². The zero-order valence-corrected chi connectivity index (χ0v) is 14.8. The van der Waals surface area contributed by atoms with Crippen LogP contribution >= 0.6 is 0 Å². The normalized spacial score (nSPS) is 10.5. The molecule has 0 spiro atoms. The van der Waals surface area contributed by atoms with Crippen LogP contribution in [0.2, 0.25) is 0 Å². The molecule has 0 fully saturated rings. The van der Waals surface area contributed by atoms with Crippen LogP contribution in [0.5, 0.6) is 5.75 Å². The first-order valence-corrected chi connectivity index (χ1v) is 8.35. The number of hydrogen-bond acceptors (Lipinski definition) is 3. The topological polar surface area (TPSA) is 65.3 Å². The van der Waals surface area contributed by atoms with Crippen molar-refractivity contribution in [3.8, 4) is 11.4 Å². The summed E-state index contributed by atoms with van der Waals surface area (Å²) >= 11 is 0. The second-order valence-electron chi connectivity index (χ2n) is 5.92. The summed E-state index contributed by atoms with van der Waals surface area (Å²) in [7, 11) is 1.53. The van der Waals surface area contributed by atoms with Gasteiger partial charge in [0.1, 0.15) is 5.75 Å². The van der Waals surface area contributed by atoms with Crippen molar-refractivity contribution in [1.29, 1.82) is 0 Å². The van der Waals surface area contributed by atoms with Crippen LogP contribution in [0.4, 0.5) is 0 Å². The fraction of sp³-hybridized carbons (Fsp3) is 0.200. The molecule has 6 heteroatoms. The molecule has 1 aromatic carbocycles. The van der Waals surface area contributed by atoms with Gasteiger partial charge in [0, 0.05) is 48.5 Å². The van der Waals surface area contributed by atoms with Gasteiger partial charge < -0.3 is 19.2 Å². The summed E-state index contributed by atoms with van der Waals surface area (Å²) in [6.07, 6.45) is 3.90. The molecule has 0 saturated carbocycles. The van der Waals surface area contributed by atoms with Gasteiger partial charge in [-0.15, -0.1) is 0 Å². The molecule has 2 heterocycles. The standard InChI is InChI=1S/C20H21N3O3/c1-15-13-18(26-2)14-19(24)23(15)12-9-21-20(25)16-5-7-17(8-6-16)22-10-3-4-11-22/h3-8,10-11,13-14H,9,12H2,1-2H3,(H,21,25). The summed E-state index contributed by atoms with van der Waals surface area (Å²) in [5.74, 6) is 0.374. The number of aryl methyl sites for hydroxylation is 1. The van der Waals surface area contributed by atoms with E-state index in [9.17, 15) is 9.59 Å². The first kappa shape index (κ1) is 17.5. The minimum Gasteiger partial charge on any atom is -0.496 e. The van der Waals surface area contributed by atoms with Gasteiger partial charge in [-0.25, -0.2) is 0 Å². The first-order valence-electron chi connectivity index (χ1n) is 8.35. The lowest BCUT2D eigenvalue weighted by Gasteiger charge is -2.12. The first-order chi connectivity index (χ1) is 12.6. The molecular formula is C20H21N3O3. The molecule has 0 saturated heterocycles. The number of pyridine rings is 1. The molecule has 0 aliphatic carbocycles. The number of benzene rings is 1. The smallest absolute Gasteiger partial charge is 0.254 e. The van der Waals surface area contributed by atoms with Crippen molar-refractivity contribution in [1.82, 2.24) is 14.5 Å². The highest BCUT2D eigenvalue weighted by Crippen LogP contribution is 2.10. The molecular weight excluding hydrogens is 330 g/mol. The SMILES string of the molecule is COc1cc(C)n(CCNC(=O)c2ccc(-n3cccc3)cc2)c(=O)c1. The number of nitrogens with one attached hydrogen (secondary N) is 1. The summed E-state index contributed by atoms with van der Waals surface area (Å²) in [5, 5.41) is 2.85. The molecule has 0 aliphatic heterocycles. The Morgan fingerprint density at radius 3 is 2.42 bits per heavy atom. The zero-order chi connectivity index (χ0) is 18.5. The second kappa shape index (κ2) is 7.74. The summed E-state index contributed by atoms with van der Waals surface area (Å²) in [4.78, 5) is 24.4. The van der Waals surface area contributed by atoms with E-state index < -0.39 is 0 Å². The number of aromatic nitrogens is 2. The molecule has 1 amide bonds. The Bertz CT molecular complexity index is 941. The fourth-order valence-electron chi connectivity index (χ4n) is 2.78. The third-order valence-electron chi connectivity index (χ3n) is 4.20. The van der Waals surface area contributed by atoms with E-state index in [0.717, 1.165) is 11.4 Å². The van der Waals surface area contributed by atoms with Crippen LogP contribution in [0.25, 0.3) is 5.69 Å². The average molecular weight is 351 g/mol. The molecule has 0 bridgehead atoms. The van der Waals surface area contributed by atoms with Crippen molar-refractivity contribution in [2.24, 2.45) is 0 Å². The number of hydrogen-bond donors (Lipinski definition) is 1. The molecule has 1 N–H and O–H groups in total. The number of carbonyl (C=O) groups excluding carboxylic acids is 1. The van der Waals surface area contributed by atoms with E-state index in [1.54, 1.807) is 22.8 Å². The molecule has 26 heavy (non-hydrogen) atoms. The number of ether oxygens (including phenoxy) is 1. The number of amides is 1. The van der Waals surface area contributed by atoms with Gasteiger partial charge in [-0.1, -0.05) is 0 Å². The summed E-state index contributed by atoms with van der Waals surface area (Å²) in [5.41, 5.74) is 2.22. The Morgan fingerprint density at radius 2 is 1.81 bits per heavy atom. The summed E-state index contributed by atoms with van der Waals surface area (Å²) in [6.45, 7) is 2.61. The van der Waals surface area contributed by atoms with Crippen LogP contribution in [0, 0.1) is 6.92 Å². The average Bonchev–Trinajstić information content (AvgIpc) is 3.18. The van der Waals surface area contributed by atoms with Crippen LogP contribution in [-0.2, 0) is 6.54 Å². The molecule has 2 aromatic heterocycles. The molecule has 0 unspecified atom stereocenters. The summed E-state index contributed by atoms with van der Waals surface area (Å²) < 4.78 is 8.66. The number of rotatable bonds is 6. The zero-order valence-electron chi connectivity index (χ0n) is 14.8. The van der Waals surface area contributed by atoms with Crippen LogP contribution < -0.4 is 15.6 Å². The lowest BCUT2D eigenvalue weighted by molar-refractivity contribution is 0.0952. The largest absolute Gasteiger partial charge is 0.496 e. The van der Waals surface area contributed by atoms with Crippen molar-refractivity contribution in [3.63, 3.8) is 0 Å². The van der Waals surface area contributed by atoms with Gasteiger partial charge in [-0.05, 0) is 49.4 Å². The van der Waals surface area contributed by atoms with Crippen molar-refractivity contribution in [2.45, 2.75) is 13.5 Å². The van der Waals surface area contributed by atoms with Gasteiger partial charge in [0.15, 0.2) is 0 Å². The van der Waals surface area contributed by atoms with Gasteiger partial charge in [0.05, 0.1) is 7.11 Å². The number of nitrogens with zero attached hydrogens (tertiary/aromatic N) is 2. The van der Waals surface area contributed by atoms with Crippen LogP contribution in [-0.4, -0.2) is 28.7 Å². The lowest BCUT2D eigenvalue weighted by atomic mass is 10.2. The Balaban J connectivity index is 1.60. The van der Waals surface area contributed by atoms with E-state index in [1.807, 2.05) is 48.1 Å². The van der Waals surface area contributed by atoms with Crippen molar-refractivity contribution in [3.05, 3.63) is 82.5 Å². The highest BCUT2D eigenvalue weighted by Gasteiger charge is 2.07. The Labute approximate surface area is 151 Å². The van der Waals surface area contributed by atoms with Crippen LogP contribution in [0.15, 0.2) is 65.7 Å². The van der Waals surface area contributed by atoms with Gasteiger partial charge in [0.2, 0.25) is 0 Å². The van der Waals surface area contributed by atoms with Gasteiger partial charge >= 0.3 is 0 Å². The monoisotopic (exact) mass is 351 g/mol. The highest BCUT2D eigenvalue weighted by atomic mass is 16.5. The minimum atomic E-state index is -0.164. The van der Waals surface area contributed by atoms with Gasteiger partial charge in [0.25, 0.3) is 11.5 Å². The number of methoxy groups -OCH3 is 1. The van der Waals surface area contributed by atoms with Crippen LogP contribution in [0.1, 0.15) is 16.1 Å². The predicted octanol–water partition coefficient (Wildman–Crippen LogP) is 2.39. The lowest BCUT2D eigenvalue weighted by Crippen LogP contribution is -2.31. The molecule has 0 atom stereocenters. The van der Waals surface area contributed by atoms with E-state index >= 15 is 0 Å². The van der Waals surface area contributed by atoms with Crippen LogP contribution in [0.3, 0.4) is 0 Å². The van der Waals surface area contributed by atoms with Gasteiger partial charge in [-0.3, -0.25) is 9.59 Å². The fourth-order valence-corrected chi connectivity index (χ4v) is 2.78. The van der Waals surface area contributed by atoms with E-state index in [0.29, 0.717) is 24.4 Å². The predicted molar refractivity (Wildman–Crippen MR) is 100 cm³/mol. The molecule has 134 valence electrons. The molecule has 0 radical (unpaired) electrons. The molecule has 0 aliphatic rings. The molecule has 6 nitrogen and oxygen atoms in total. The molecule has 3 rings (SSSR count). The third-order valence-corrected chi connectivity index (χ3v) is 4.20. The second-order valence-corrected chi connectivity index (χ2v) is 5.92. The van der Waals surface area contributed by atoms with Gasteiger partial charge in [-0.2, -0.15) is 0 Å². The minimum absolute atomic E-state index is 0.146. The maximum atomic E-state index is 12.3.